The number of nitrogens with one attached hydrogen (secondary N) is 1. The number of hydrogen-bond donors (Lipinski definition) is 1. The summed E-state index contributed by atoms with van der Waals surface area (Å²) in [5.41, 5.74) is 2.36. The molecule has 0 atom stereocenters. The highest BCUT2D eigenvalue weighted by atomic mass is 15.3. The van der Waals surface area contributed by atoms with Crippen molar-refractivity contribution in [3.63, 3.8) is 0 Å². The van der Waals surface area contributed by atoms with Crippen molar-refractivity contribution in [2.75, 3.05) is 0 Å². The molecule has 1 heterocycles. The Kier molecular flexibility index (Phi) is 4.32. The Bertz CT molecular complexity index is 346. The average molecular weight is 206 g/mol. The lowest BCUT2D eigenvalue weighted by molar-refractivity contribution is 0.581. The zero-order valence-corrected chi connectivity index (χ0v) is 9.62. The zero-order valence-electron chi connectivity index (χ0n) is 9.62. The van der Waals surface area contributed by atoms with E-state index >= 15 is 0 Å². The van der Waals surface area contributed by atoms with Crippen molar-refractivity contribution in [2.45, 2.75) is 46.3 Å². The van der Waals surface area contributed by atoms with E-state index in [0.29, 0.717) is 19.0 Å². The molecule has 1 rings (SSSR count). The molecule has 0 radical (unpaired) electrons. The molecule has 82 valence electrons. The fourth-order valence-corrected chi connectivity index (χ4v) is 1.35. The van der Waals surface area contributed by atoms with Crippen molar-refractivity contribution in [3.05, 3.63) is 17.5 Å². The molecule has 0 aliphatic heterocycles. The summed E-state index contributed by atoms with van der Waals surface area (Å²) in [6.45, 7) is 7.81. The summed E-state index contributed by atoms with van der Waals surface area (Å²) in [5, 5.41) is 16.1. The summed E-state index contributed by atoms with van der Waals surface area (Å²) in [7, 11) is 0. The van der Waals surface area contributed by atoms with Gasteiger partial charge in [0.2, 0.25) is 0 Å². The number of aryl methyl sites for hydroxylation is 1. The molecule has 1 aromatic rings. The van der Waals surface area contributed by atoms with E-state index in [-0.39, 0.29) is 0 Å². The highest BCUT2D eigenvalue weighted by molar-refractivity contribution is 5.15. The molecule has 1 aromatic heterocycles. The van der Waals surface area contributed by atoms with Gasteiger partial charge in [0.05, 0.1) is 25.2 Å². The van der Waals surface area contributed by atoms with Gasteiger partial charge in [0.1, 0.15) is 0 Å². The summed E-state index contributed by atoms with van der Waals surface area (Å²) >= 11 is 0. The molecule has 0 aliphatic carbocycles. The van der Waals surface area contributed by atoms with E-state index < -0.39 is 0 Å². The van der Waals surface area contributed by atoms with Gasteiger partial charge >= 0.3 is 0 Å². The third kappa shape index (κ3) is 3.37. The summed E-state index contributed by atoms with van der Waals surface area (Å²) in [5.74, 6) is 0. The van der Waals surface area contributed by atoms with Crippen LogP contribution in [0.4, 0.5) is 0 Å². The Labute approximate surface area is 90.9 Å². The van der Waals surface area contributed by atoms with Crippen molar-refractivity contribution < 1.29 is 0 Å². The molecule has 4 nitrogen and oxygen atoms in total. The van der Waals surface area contributed by atoms with Crippen LogP contribution in [0.15, 0.2) is 6.20 Å². The molecular formula is C11H18N4. The number of rotatable bonds is 5. The highest BCUT2D eigenvalue weighted by Crippen LogP contribution is 2.07. The van der Waals surface area contributed by atoms with Gasteiger partial charge in [-0.1, -0.05) is 13.8 Å². The van der Waals surface area contributed by atoms with E-state index in [9.17, 15) is 0 Å². The fraction of sp³-hybridized carbons (Fsp3) is 0.636. The molecule has 0 spiro atoms. The molecule has 0 aromatic carbocycles. The highest BCUT2D eigenvalue weighted by Gasteiger charge is 2.05. The normalized spacial score (nSPS) is 10.6. The van der Waals surface area contributed by atoms with Crippen molar-refractivity contribution in [2.24, 2.45) is 0 Å². The van der Waals surface area contributed by atoms with Crippen LogP contribution in [0.3, 0.4) is 0 Å². The predicted octanol–water partition coefficient (Wildman–Crippen LogP) is 1.60. The van der Waals surface area contributed by atoms with Crippen LogP contribution in [-0.4, -0.2) is 15.8 Å². The van der Waals surface area contributed by atoms with E-state index in [1.165, 1.54) is 5.56 Å². The van der Waals surface area contributed by atoms with Gasteiger partial charge in [-0.2, -0.15) is 10.4 Å². The molecule has 1 N–H and O–H groups in total. The number of hydrogen-bond acceptors (Lipinski definition) is 3. The van der Waals surface area contributed by atoms with Gasteiger partial charge in [0.25, 0.3) is 0 Å². The van der Waals surface area contributed by atoms with E-state index in [0.717, 1.165) is 12.2 Å². The summed E-state index contributed by atoms with van der Waals surface area (Å²) in [4.78, 5) is 0. The first kappa shape index (κ1) is 11.7. The van der Waals surface area contributed by atoms with Crippen LogP contribution in [0.1, 0.15) is 31.5 Å². The Morgan fingerprint density at radius 3 is 2.93 bits per heavy atom. The van der Waals surface area contributed by atoms with Gasteiger partial charge in [-0.3, -0.25) is 4.68 Å². The van der Waals surface area contributed by atoms with Crippen LogP contribution < -0.4 is 5.32 Å². The van der Waals surface area contributed by atoms with Gasteiger partial charge in [0, 0.05) is 23.8 Å². The molecule has 4 heteroatoms. The monoisotopic (exact) mass is 206 g/mol. The van der Waals surface area contributed by atoms with Gasteiger partial charge in [-0.25, -0.2) is 0 Å². The lowest BCUT2D eigenvalue weighted by Crippen LogP contribution is -2.22. The second-order valence-electron chi connectivity index (χ2n) is 3.92. The molecule has 0 saturated heterocycles. The van der Waals surface area contributed by atoms with E-state index in [1.54, 1.807) is 0 Å². The fourth-order valence-electron chi connectivity index (χ4n) is 1.35. The molecule has 0 saturated carbocycles. The molecule has 0 amide bonds. The lowest BCUT2D eigenvalue weighted by atomic mass is 10.2. The molecule has 0 bridgehead atoms. The van der Waals surface area contributed by atoms with E-state index in [4.69, 9.17) is 5.26 Å². The molecule has 0 fully saturated rings. The standard InChI is InChI=1S/C11H18N4/c1-9(2)13-7-11-8-14-15(10(11)3)6-4-5-12/h8-9,13H,4,6-7H2,1-3H3. The maximum atomic E-state index is 8.50. The summed E-state index contributed by atoms with van der Waals surface area (Å²) < 4.78 is 1.89. The van der Waals surface area contributed by atoms with Gasteiger partial charge in [-0.15, -0.1) is 0 Å². The lowest BCUT2D eigenvalue weighted by Gasteiger charge is -2.07. The Balaban J connectivity index is 2.59. The Morgan fingerprint density at radius 2 is 2.33 bits per heavy atom. The first-order valence-electron chi connectivity index (χ1n) is 5.26. The van der Waals surface area contributed by atoms with Crippen LogP contribution in [0.5, 0.6) is 0 Å². The summed E-state index contributed by atoms with van der Waals surface area (Å²) in [6.07, 6.45) is 2.39. The van der Waals surface area contributed by atoms with Crippen molar-refractivity contribution in [3.8, 4) is 6.07 Å². The van der Waals surface area contributed by atoms with Crippen LogP contribution in [0.2, 0.25) is 0 Å². The largest absolute Gasteiger partial charge is 0.310 e. The SMILES string of the molecule is Cc1c(CNC(C)C)cnn1CCC#N. The third-order valence-electron chi connectivity index (χ3n) is 2.34. The van der Waals surface area contributed by atoms with Gasteiger partial charge < -0.3 is 5.32 Å². The maximum Gasteiger partial charge on any atom is 0.0641 e. The topological polar surface area (TPSA) is 53.6 Å². The first-order chi connectivity index (χ1) is 7.15. The van der Waals surface area contributed by atoms with Crippen LogP contribution in [0.25, 0.3) is 0 Å². The van der Waals surface area contributed by atoms with E-state index in [1.807, 2.05) is 17.8 Å². The minimum atomic E-state index is 0.479. The van der Waals surface area contributed by atoms with Crippen LogP contribution in [0, 0.1) is 18.3 Å². The Morgan fingerprint density at radius 1 is 1.60 bits per heavy atom. The van der Waals surface area contributed by atoms with Crippen LogP contribution >= 0.6 is 0 Å². The Hall–Kier alpha value is -1.34. The second kappa shape index (κ2) is 5.52. The van der Waals surface area contributed by atoms with Crippen molar-refractivity contribution in [1.82, 2.24) is 15.1 Å². The quantitative estimate of drug-likeness (QED) is 0.796. The van der Waals surface area contributed by atoms with Gasteiger partial charge in [0.15, 0.2) is 0 Å². The first-order valence-corrected chi connectivity index (χ1v) is 5.26. The van der Waals surface area contributed by atoms with Crippen molar-refractivity contribution >= 4 is 0 Å². The third-order valence-corrected chi connectivity index (χ3v) is 2.34. The number of nitrogens with zero attached hydrogens (tertiary/aromatic N) is 3. The zero-order chi connectivity index (χ0) is 11.3. The summed E-state index contributed by atoms with van der Waals surface area (Å²) in [6, 6.07) is 2.61. The van der Waals surface area contributed by atoms with Crippen molar-refractivity contribution in [1.29, 1.82) is 5.26 Å². The molecule has 0 unspecified atom stereocenters. The second-order valence-corrected chi connectivity index (χ2v) is 3.92. The molecule has 0 aliphatic rings. The van der Waals surface area contributed by atoms with Crippen LogP contribution in [-0.2, 0) is 13.1 Å². The van der Waals surface area contributed by atoms with E-state index in [2.05, 4.69) is 30.3 Å². The van der Waals surface area contributed by atoms with Gasteiger partial charge in [-0.05, 0) is 6.92 Å². The number of aromatic nitrogens is 2. The maximum absolute atomic E-state index is 8.50. The molecular weight excluding hydrogens is 188 g/mol. The molecule has 15 heavy (non-hydrogen) atoms. The minimum absolute atomic E-state index is 0.479. The smallest absolute Gasteiger partial charge is 0.0641 e. The minimum Gasteiger partial charge on any atom is -0.310 e. The average Bonchev–Trinajstić information content (AvgIpc) is 2.54. The number of nitriles is 1. The predicted molar refractivity (Wildman–Crippen MR) is 59.2 cm³/mol.